The van der Waals surface area contributed by atoms with E-state index < -0.39 is 0 Å². The van der Waals surface area contributed by atoms with Gasteiger partial charge in [0.2, 0.25) is 11.7 Å². The topological polar surface area (TPSA) is 94.2 Å². The lowest BCUT2D eigenvalue weighted by molar-refractivity contribution is -0.141. The molecule has 27 heavy (non-hydrogen) atoms. The van der Waals surface area contributed by atoms with Crippen LogP contribution in [0.15, 0.2) is 47.4 Å². The lowest BCUT2D eigenvalue weighted by Crippen LogP contribution is -2.56. The van der Waals surface area contributed by atoms with E-state index in [1.165, 1.54) is 0 Å². The summed E-state index contributed by atoms with van der Waals surface area (Å²) in [5.41, 5.74) is 1.26. The minimum absolute atomic E-state index is 0.0174. The van der Waals surface area contributed by atoms with Crippen molar-refractivity contribution in [2.24, 2.45) is 5.92 Å². The minimum Gasteiger partial charge on any atom is -0.486 e. The molecule has 3 heterocycles. The van der Waals surface area contributed by atoms with Crippen LogP contribution in [0.25, 0.3) is 23.0 Å². The Bertz CT molecular complexity index is 964. The van der Waals surface area contributed by atoms with Crippen LogP contribution in [-0.2, 0) is 4.79 Å². The summed E-state index contributed by atoms with van der Waals surface area (Å²) in [5.74, 6) is 1.90. The lowest BCUT2D eigenvalue weighted by atomic mass is 10.1. The molecule has 5 rings (SSSR count). The summed E-state index contributed by atoms with van der Waals surface area (Å²) in [7, 11) is 0. The molecule has 8 heteroatoms. The average molecular weight is 363 g/mol. The monoisotopic (exact) mass is 363 g/mol. The van der Waals surface area contributed by atoms with Crippen molar-refractivity contribution in [1.29, 1.82) is 0 Å². The maximum Gasteiger partial charge on any atom is 0.262 e. The van der Waals surface area contributed by atoms with Crippen LogP contribution in [0, 0.1) is 5.92 Å². The third-order valence-corrected chi connectivity index (χ3v) is 4.72. The molecule has 3 aromatic rings. The van der Waals surface area contributed by atoms with E-state index in [1.807, 2.05) is 29.2 Å². The Labute approximate surface area is 155 Å². The zero-order valence-corrected chi connectivity index (χ0v) is 14.5. The SMILES string of the molecule is O=C(C1CC1)N1CC(Oc2ccccc2-c2nc(-c3cnccn3)no2)C1. The fraction of sp³-hybridized carbons (Fsp3) is 0.316. The molecule has 1 aliphatic heterocycles. The molecule has 1 saturated heterocycles. The molecule has 1 aliphatic carbocycles. The highest BCUT2D eigenvalue weighted by molar-refractivity contribution is 5.81. The number of hydrogen-bond acceptors (Lipinski definition) is 7. The summed E-state index contributed by atoms with van der Waals surface area (Å²) >= 11 is 0. The van der Waals surface area contributed by atoms with Gasteiger partial charge in [0.05, 0.1) is 24.8 Å². The number of likely N-dealkylation sites (tertiary alicyclic amines) is 1. The first-order chi connectivity index (χ1) is 13.3. The molecule has 2 aliphatic rings. The first-order valence-corrected chi connectivity index (χ1v) is 8.93. The number of amides is 1. The largest absolute Gasteiger partial charge is 0.486 e. The normalized spacial score (nSPS) is 16.8. The molecule has 8 nitrogen and oxygen atoms in total. The molecule has 0 bridgehead atoms. The molecule has 1 saturated carbocycles. The summed E-state index contributed by atoms with van der Waals surface area (Å²) in [6.45, 7) is 1.25. The molecule has 136 valence electrons. The van der Waals surface area contributed by atoms with E-state index in [9.17, 15) is 4.79 Å². The number of nitrogens with zero attached hydrogens (tertiary/aromatic N) is 5. The van der Waals surface area contributed by atoms with Crippen molar-refractivity contribution >= 4 is 5.91 Å². The van der Waals surface area contributed by atoms with Crippen LogP contribution in [-0.4, -0.2) is 50.1 Å². The molecule has 0 atom stereocenters. The molecular weight excluding hydrogens is 346 g/mol. The number of hydrogen-bond donors (Lipinski definition) is 0. The van der Waals surface area contributed by atoms with E-state index in [4.69, 9.17) is 9.26 Å². The van der Waals surface area contributed by atoms with E-state index in [0.29, 0.717) is 41.8 Å². The molecular formula is C19H17N5O3. The fourth-order valence-corrected chi connectivity index (χ4v) is 3.06. The first kappa shape index (κ1) is 15.9. The van der Waals surface area contributed by atoms with Gasteiger partial charge in [-0.1, -0.05) is 17.3 Å². The van der Waals surface area contributed by atoms with Crippen LogP contribution in [0.1, 0.15) is 12.8 Å². The second-order valence-corrected chi connectivity index (χ2v) is 6.77. The number of para-hydroxylation sites is 1. The fourth-order valence-electron chi connectivity index (χ4n) is 3.06. The molecule has 2 fully saturated rings. The number of benzene rings is 1. The Hall–Kier alpha value is -3.29. The van der Waals surface area contributed by atoms with Crippen molar-refractivity contribution < 1.29 is 14.1 Å². The van der Waals surface area contributed by atoms with Gasteiger partial charge in [-0.2, -0.15) is 4.98 Å². The van der Waals surface area contributed by atoms with Crippen molar-refractivity contribution in [3.05, 3.63) is 42.9 Å². The van der Waals surface area contributed by atoms with Crippen molar-refractivity contribution in [3.8, 4) is 28.7 Å². The highest BCUT2D eigenvalue weighted by Gasteiger charge is 2.40. The average Bonchev–Trinajstić information content (AvgIpc) is 3.42. The standard InChI is InChI=1S/C19H17N5O3/c25-19(12-5-6-12)24-10-13(11-24)26-16-4-2-1-3-14(16)18-22-17(23-27-18)15-9-20-7-8-21-15/h1-4,7-9,12-13H,5-6,10-11H2. The van der Waals surface area contributed by atoms with E-state index in [0.717, 1.165) is 12.8 Å². The van der Waals surface area contributed by atoms with E-state index >= 15 is 0 Å². The summed E-state index contributed by atoms with van der Waals surface area (Å²) in [6, 6.07) is 7.52. The van der Waals surface area contributed by atoms with Crippen LogP contribution in [0.4, 0.5) is 0 Å². The minimum atomic E-state index is -0.0174. The second kappa shape index (κ2) is 6.46. The molecule has 2 aromatic heterocycles. The Balaban J connectivity index is 1.32. The number of aromatic nitrogens is 4. The van der Waals surface area contributed by atoms with Gasteiger partial charge in [-0.15, -0.1) is 0 Å². The van der Waals surface area contributed by atoms with Crippen LogP contribution >= 0.6 is 0 Å². The van der Waals surface area contributed by atoms with Gasteiger partial charge in [-0.05, 0) is 25.0 Å². The van der Waals surface area contributed by atoms with Crippen molar-refractivity contribution in [2.75, 3.05) is 13.1 Å². The third kappa shape index (κ3) is 3.14. The highest BCUT2D eigenvalue weighted by Crippen LogP contribution is 2.34. The molecule has 0 radical (unpaired) electrons. The van der Waals surface area contributed by atoms with Gasteiger partial charge in [0.15, 0.2) is 0 Å². The zero-order valence-electron chi connectivity index (χ0n) is 14.5. The Morgan fingerprint density at radius 2 is 2.04 bits per heavy atom. The first-order valence-electron chi connectivity index (χ1n) is 8.93. The van der Waals surface area contributed by atoms with Crippen molar-refractivity contribution in [3.63, 3.8) is 0 Å². The van der Waals surface area contributed by atoms with Gasteiger partial charge < -0.3 is 14.2 Å². The van der Waals surface area contributed by atoms with E-state index in [-0.39, 0.29) is 17.9 Å². The maximum absolute atomic E-state index is 12.0. The second-order valence-electron chi connectivity index (χ2n) is 6.77. The van der Waals surface area contributed by atoms with Crippen molar-refractivity contribution in [2.45, 2.75) is 18.9 Å². The third-order valence-electron chi connectivity index (χ3n) is 4.72. The molecule has 0 unspecified atom stereocenters. The Morgan fingerprint density at radius 3 is 2.81 bits per heavy atom. The van der Waals surface area contributed by atoms with Gasteiger partial charge in [0.1, 0.15) is 17.5 Å². The number of carbonyl (C=O) groups excluding carboxylic acids is 1. The van der Waals surface area contributed by atoms with Gasteiger partial charge in [-0.25, -0.2) is 4.98 Å². The molecule has 0 spiro atoms. The molecule has 1 amide bonds. The Kier molecular flexibility index (Phi) is 3.81. The predicted octanol–water partition coefficient (Wildman–Crippen LogP) is 2.19. The van der Waals surface area contributed by atoms with Crippen LogP contribution in [0.2, 0.25) is 0 Å². The quantitative estimate of drug-likeness (QED) is 0.686. The zero-order chi connectivity index (χ0) is 18.2. The van der Waals surface area contributed by atoms with Crippen LogP contribution in [0.5, 0.6) is 5.75 Å². The molecule has 0 N–H and O–H groups in total. The number of ether oxygens (including phenoxy) is 1. The Morgan fingerprint density at radius 1 is 1.19 bits per heavy atom. The smallest absolute Gasteiger partial charge is 0.262 e. The van der Waals surface area contributed by atoms with Crippen LogP contribution < -0.4 is 4.74 Å². The lowest BCUT2D eigenvalue weighted by Gasteiger charge is -2.39. The predicted molar refractivity (Wildman–Crippen MR) is 94.5 cm³/mol. The summed E-state index contributed by atoms with van der Waals surface area (Å²) < 4.78 is 11.5. The van der Waals surface area contributed by atoms with Gasteiger partial charge in [0.25, 0.3) is 5.89 Å². The maximum atomic E-state index is 12.0. The highest BCUT2D eigenvalue weighted by atomic mass is 16.5. The van der Waals surface area contributed by atoms with E-state index in [2.05, 4.69) is 20.1 Å². The summed E-state index contributed by atoms with van der Waals surface area (Å²) in [4.78, 5) is 26.5. The van der Waals surface area contributed by atoms with Gasteiger partial charge in [-0.3, -0.25) is 9.78 Å². The van der Waals surface area contributed by atoms with Crippen molar-refractivity contribution in [1.82, 2.24) is 25.0 Å². The van der Waals surface area contributed by atoms with Gasteiger partial charge in [0, 0.05) is 18.3 Å². The van der Waals surface area contributed by atoms with Gasteiger partial charge >= 0.3 is 0 Å². The summed E-state index contributed by atoms with van der Waals surface area (Å²) in [5, 5.41) is 3.98. The molecule has 1 aromatic carbocycles. The van der Waals surface area contributed by atoms with E-state index in [1.54, 1.807) is 18.6 Å². The summed E-state index contributed by atoms with van der Waals surface area (Å²) in [6.07, 6.45) is 6.77. The number of rotatable bonds is 5. The number of carbonyl (C=O) groups is 1. The van der Waals surface area contributed by atoms with Crippen LogP contribution in [0.3, 0.4) is 0 Å².